The fraction of sp³-hybridized carbons (Fsp3) is 0.227. The van der Waals surface area contributed by atoms with E-state index in [1.807, 2.05) is 26.8 Å². The fourth-order valence-electron chi connectivity index (χ4n) is 2.81. The molecule has 0 aliphatic rings. The monoisotopic (exact) mass is 394 g/mol. The van der Waals surface area contributed by atoms with Gasteiger partial charge in [-0.05, 0) is 57.2 Å². The molecule has 7 heteroatoms. The van der Waals surface area contributed by atoms with Gasteiger partial charge in [-0.3, -0.25) is 4.79 Å². The first kappa shape index (κ1) is 20.1. The van der Waals surface area contributed by atoms with Gasteiger partial charge in [0, 0.05) is 5.56 Å². The number of ether oxygens (including phenoxy) is 2. The second-order valence-corrected chi connectivity index (χ2v) is 6.61. The van der Waals surface area contributed by atoms with E-state index in [-0.39, 0.29) is 5.91 Å². The molecule has 150 valence electrons. The van der Waals surface area contributed by atoms with Crippen molar-refractivity contribution in [2.24, 2.45) is 0 Å². The third-order valence-electron chi connectivity index (χ3n) is 4.51. The van der Waals surface area contributed by atoms with Crippen LogP contribution < -0.4 is 10.1 Å². The molecule has 3 rings (SSSR count). The molecule has 0 saturated carbocycles. The molecule has 0 atom stereocenters. The summed E-state index contributed by atoms with van der Waals surface area (Å²) in [6.07, 6.45) is 0. The van der Waals surface area contributed by atoms with Crippen LogP contribution in [0, 0.1) is 20.8 Å². The average Bonchev–Trinajstić information content (AvgIpc) is 3.05. The fourth-order valence-corrected chi connectivity index (χ4v) is 2.81. The molecule has 3 aromatic rings. The van der Waals surface area contributed by atoms with Gasteiger partial charge >= 0.3 is 5.97 Å². The van der Waals surface area contributed by atoms with Crippen LogP contribution in [0.4, 0.5) is 5.69 Å². The SMILES string of the molecule is COC(=O)c1cc(C)ccc1NC(=O)c1ccc(OCc2c(C)noc2C)cc1. The largest absolute Gasteiger partial charge is 0.489 e. The molecule has 29 heavy (non-hydrogen) atoms. The number of anilines is 1. The summed E-state index contributed by atoms with van der Waals surface area (Å²) < 4.78 is 15.7. The van der Waals surface area contributed by atoms with Crippen LogP contribution in [0.3, 0.4) is 0 Å². The molecule has 1 heterocycles. The molecule has 0 radical (unpaired) electrons. The predicted octanol–water partition coefficient (Wildman–Crippen LogP) is 4.22. The van der Waals surface area contributed by atoms with Crippen LogP contribution in [0.25, 0.3) is 0 Å². The van der Waals surface area contributed by atoms with Gasteiger partial charge in [0.1, 0.15) is 18.1 Å². The maximum atomic E-state index is 12.6. The number of methoxy groups -OCH3 is 1. The second kappa shape index (κ2) is 8.60. The van der Waals surface area contributed by atoms with Crippen molar-refractivity contribution >= 4 is 17.6 Å². The third kappa shape index (κ3) is 4.63. The van der Waals surface area contributed by atoms with Gasteiger partial charge in [0.05, 0.1) is 29.6 Å². The third-order valence-corrected chi connectivity index (χ3v) is 4.51. The number of aromatic nitrogens is 1. The first-order valence-electron chi connectivity index (χ1n) is 9.04. The Hall–Kier alpha value is -3.61. The smallest absolute Gasteiger partial charge is 0.339 e. The summed E-state index contributed by atoms with van der Waals surface area (Å²) in [5.41, 5.74) is 3.72. The summed E-state index contributed by atoms with van der Waals surface area (Å²) in [6.45, 7) is 5.88. The number of nitrogens with one attached hydrogen (secondary N) is 1. The number of benzene rings is 2. The molecule has 0 unspecified atom stereocenters. The zero-order valence-corrected chi connectivity index (χ0v) is 16.7. The van der Waals surface area contributed by atoms with E-state index in [2.05, 4.69) is 10.5 Å². The highest BCUT2D eigenvalue weighted by Crippen LogP contribution is 2.21. The number of rotatable bonds is 6. The van der Waals surface area contributed by atoms with E-state index in [1.54, 1.807) is 36.4 Å². The minimum atomic E-state index is -0.507. The van der Waals surface area contributed by atoms with Gasteiger partial charge in [-0.2, -0.15) is 0 Å². The molecule has 1 N–H and O–H groups in total. The van der Waals surface area contributed by atoms with Crippen molar-refractivity contribution in [1.82, 2.24) is 5.16 Å². The lowest BCUT2D eigenvalue weighted by Crippen LogP contribution is -2.15. The van der Waals surface area contributed by atoms with Gasteiger partial charge in [-0.15, -0.1) is 0 Å². The Kier molecular flexibility index (Phi) is 5.97. The zero-order chi connectivity index (χ0) is 21.0. The Bertz CT molecular complexity index is 1020. The highest BCUT2D eigenvalue weighted by atomic mass is 16.5. The summed E-state index contributed by atoms with van der Waals surface area (Å²) >= 11 is 0. The Balaban J connectivity index is 1.69. The second-order valence-electron chi connectivity index (χ2n) is 6.61. The normalized spacial score (nSPS) is 10.5. The first-order chi connectivity index (χ1) is 13.9. The average molecular weight is 394 g/mol. The van der Waals surface area contributed by atoms with Crippen LogP contribution in [0.15, 0.2) is 47.0 Å². The highest BCUT2D eigenvalue weighted by molar-refractivity contribution is 6.08. The molecular formula is C22H22N2O5. The molecule has 1 aromatic heterocycles. The number of carbonyl (C=O) groups excluding carboxylic acids is 2. The molecular weight excluding hydrogens is 372 g/mol. The van der Waals surface area contributed by atoms with E-state index >= 15 is 0 Å². The number of nitrogens with zero attached hydrogens (tertiary/aromatic N) is 1. The minimum Gasteiger partial charge on any atom is -0.489 e. The number of aryl methyl sites for hydroxylation is 3. The molecule has 0 bridgehead atoms. The highest BCUT2D eigenvalue weighted by Gasteiger charge is 2.15. The van der Waals surface area contributed by atoms with Crippen molar-refractivity contribution in [3.63, 3.8) is 0 Å². The van der Waals surface area contributed by atoms with Crippen LogP contribution in [0.5, 0.6) is 5.75 Å². The number of hydrogen-bond acceptors (Lipinski definition) is 6. The lowest BCUT2D eigenvalue weighted by atomic mass is 10.1. The van der Waals surface area contributed by atoms with E-state index in [9.17, 15) is 9.59 Å². The van der Waals surface area contributed by atoms with Crippen molar-refractivity contribution in [2.45, 2.75) is 27.4 Å². The molecule has 0 spiro atoms. The summed E-state index contributed by atoms with van der Waals surface area (Å²) in [4.78, 5) is 24.5. The van der Waals surface area contributed by atoms with E-state index in [0.717, 1.165) is 22.6 Å². The van der Waals surface area contributed by atoms with Gasteiger partial charge < -0.3 is 19.3 Å². The van der Waals surface area contributed by atoms with Crippen LogP contribution in [-0.4, -0.2) is 24.1 Å². The van der Waals surface area contributed by atoms with Crippen LogP contribution in [-0.2, 0) is 11.3 Å². The standard InChI is InChI=1S/C22H22N2O5/c1-13-5-10-20(18(11-13)22(26)27-4)23-21(25)16-6-8-17(9-7-16)28-12-19-14(2)24-29-15(19)3/h5-11H,12H2,1-4H3,(H,23,25). The lowest BCUT2D eigenvalue weighted by Gasteiger charge is -2.11. The van der Waals surface area contributed by atoms with Gasteiger partial charge in [0.25, 0.3) is 5.91 Å². The molecule has 0 fully saturated rings. The Morgan fingerprint density at radius 3 is 2.41 bits per heavy atom. The minimum absolute atomic E-state index is 0.306. The predicted molar refractivity (Wildman–Crippen MR) is 107 cm³/mol. The van der Waals surface area contributed by atoms with Crippen molar-refractivity contribution in [1.29, 1.82) is 0 Å². The quantitative estimate of drug-likeness (QED) is 0.630. The van der Waals surface area contributed by atoms with E-state index in [4.69, 9.17) is 14.0 Å². The van der Waals surface area contributed by atoms with Crippen molar-refractivity contribution < 1.29 is 23.6 Å². The number of esters is 1. The molecule has 0 saturated heterocycles. The van der Waals surface area contributed by atoms with Gasteiger partial charge in [-0.25, -0.2) is 4.79 Å². The van der Waals surface area contributed by atoms with Crippen LogP contribution in [0.2, 0.25) is 0 Å². The van der Waals surface area contributed by atoms with Crippen molar-refractivity contribution in [2.75, 3.05) is 12.4 Å². The Labute approximate surface area is 168 Å². The lowest BCUT2D eigenvalue weighted by molar-refractivity contribution is 0.0602. The van der Waals surface area contributed by atoms with Crippen molar-refractivity contribution in [3.8, 4) is 5.75 Å². The van der Waals surface area contributed by atoms with Crippen molar-refractivity contribution in [3.05, 3.63) is 76.2 Å². The summed E-state index contributed by atoms with van der Waals surface area (Å²) in [7, 11) is 1.30. The number of amides is 1. The topological polar surface area (TPSA) is 90.7 Å². The molecule has 1 amide bonds. The van der Waals surface area contributed by atoms with Crippen LogP contribution in [0.1, 0.15) is 43.3 Å². The summed E-state index contributed by atoms with van der Waals surface area (Å²) in [6, 6.07) is 11.9. The number of hydrogen-bond donors (Lipinski definition) is 1. The van der Waals surface area contributed by atoms with Crippen LogP contribution >= 0.6 is 0 Å². The summed E-state index contributed by atoms with van der Waals surface area (Å²) in [5.74, 6) is 0.494. The first-order valence-corrected chi connectivity index (χ1v) is 9.04. The van der Waals surface area contributed by atoms with E-state index < -0.39 is 5.97 Å². The molecule has 2 aromatic carbocycles. The maximum Gasteiger partial charge on any atom is 0.339 e. The maximum absolute atomic E-state index is 12.6. The zero-order valence-electron chi connectivity index (χ0n) is 16.7. The van der Waals surface area contributed by atoms with Gasteiger partial charge in [0.15, 0.2) is 0 Å². The Morgan fingerprint density at radius 2 is 1.79 bits per heavy atom. The Morgan fingerprint density at radius 1 is 1.07 bits per heavy atom. The number of carbonyl (C=O) groups is 2. The van der Waals surface area contributed by atoms with E-state index in [0.29, 0.717) is 29.2 Å². The molecule has 7 nitrogen and oxygen atoms in total. The summed E-state index contributed by atoms with van der Waals surface area (Å²) in [5, 5.41) is 6.65. The van der Waals surface area contributed by atoms with Gasteiger partial charge in [0.2, 0.25) is 0 Å². The van der Waals surface area contributed by atoms with Gasteiger partial charge in [-0.1, -0.05) is 16.8 Å². The van der Waals surface area contributed by atoms with E-state index in [1.165, 1.54) is 7.11 Å². The molecule has 0 aliphatic heterocycles. The molecule has 0 aliphatic carbocycles.